The molecule has 0 bridgehead atoms. The molecule has 2 aliphatic carbocycles. The predicted octanol–water partition coefficient (Wildman–Crippen LogP) is 4.24. The number of rotatable bonds is 7. The maximum atomic E-state index is 13.4. The molecule has 4 rings (SSSR count). The number of aromatic nitrogens is 2. The van der Waals surface area contributed by atoms with Crippen LogP contribution in [0.3, 0.4) is 0 Å². The minimum absolute atomic E-state index is 0.0262. The lowest BCUT2D eigenvalue weighted by Gasteiger charge is -2.27. The van der Waals surface area contributed by atoms with Crippen LogP contribution in [0.4, 0.5) is 5.13 Å². The molecule has 1 amide bonds. The number of hydrogen-bond acceptors (Lipinski definition) is 6. The van der Waals surface area contributed by atoms with Crippen LogP contribution in [0, 0.1) is 5.92 Å². The predicted molar refractivity (Wildman–Crippen MR) is 121 cm³/mol. The number of anilines is 1. The average Bonchev–Trinajstić information content (AvgIpc) is 3.47. The van der Waals surface area contributed by atoms with Crippen LogP contribution in [-0.4, -0.2) is 29.5 Å². The minimum Gasteiger partial charge on any atom is -0.329 e. The van der Waals surface area contributed by atoms with Gasteiger partial charge in [0.05, 0.1) is 16.1 Å². The third kappa shape index (κ3) is 4.92. The highest BCUT2D eigenvalue weighted by molar-refractivity contribution is 7.92. The summed E-state index contributed by atoms with van der Waals surface area (Å²) in [4.78, 5) is 33.1. The number of aromatic amines is 1. The second-order valence-corrected chi connectivity index (χ2v) is 11.7. The highest BCUT2D eigenvalue weighted by atomic mass is 32.2. The first-order valence-electron chi connectivity index (χ1n) is 11.1. The molecule has 0 radical (unpaired) electrons. The molecule has 9 heteroatoms. The van der Waals surface area contributed by atoms with Gasteiger partial charge < -0.3 is 10.3 Å². The van der Waals surface area contributed by atoms with Gasteiger partial charge in [-0.3, -0.25) is 9.59 Å². The van der Waals surface area contributed by atoms with Crippen molar-refractivity contribution in [3.05, 3.63) is 39.8 Å². The summed E-state index contributed by atoms with van der Waals surface area (Å²) in [5, 5.41) is 4.54. The normalized spacial score (nSPS) is 19.4. The van der Waals surface area contributed by atoms with Crippen molar-refractivity contribution < 1.29 is 13.2 Å². The Morgan fingerprint density at radius 1 is 1.16 bits per heavy atom. The smallest absolute Gasteiger partial charge is 0.253 e. The quantitative estimate of drug-likeness (QED) is 0.638. The molecule has 2 aromatic rings. The van der Waals surface area contributed by atoms with Gasteiger partial charge in [-0.2, -0.15) is 0 Å². The highest BCUT2D eigenvalue weighted by Crippen LogP contribution is 2.37. The van der Waals surface area contributed by atoms with E-state index in [-0.39, 0.29) is 16.4 Å². The number of carbonyl (C=O) groups is 1. The van der Waals surface area contributed by atoms with E-state index in [9.17, 15) is 18.0 Å². The summed E-state index contributed by atoms with van der Waals surface area (Å²) in [5.41, 5.74) is -0.400. The van der Waals surface area contributed by atoms with E-state index in [1.165, 1.54) is 30.0 Å². The lowest BCUT2D eigenvalue weighted by atomic mass is 9.80. The van der Waals surface area contributed by atoms with Crippen molar-refractivity contribution in [2.45, 2.75) is 80.3 Å². The van der Waals surface area contributed by atoms with Crippen molar-refractivity contribution in [2.75, 3.05) is 5.32 Å². The molecule has 0 spiro atoms. The number of carbonyl (C=O) groups excluding carboxylic acids is 1. The van der Waals surface area contributed by atoms with Gasteiger partial charge in [0.1, 0.15) is 0 Å². The van der Waals surface area contributed by atoms with Crippen molar-refractivity contribution in [2.24, 2.45) is 5.92 Å². The van der Waals surface area contributed by atoms with Crippen molar-refractivity contribution in [3.63, 3.8) is 0 Å². The number of nitrogens with one attached hydrogen (secondary N) is 2. The molecule has 1 unspecified atom stereocenters. The van der Waals surface area contributed by atoms with Gasteiger partial charge in [-0.25, -0.2) is 13.4 Å². The van der Waals surface area contributed by atoms with Gasteiger partial charge in [0.2, 0.25) is 5.91 Å². The van der Waals surface area contributed by atoms with E-state index in [1.807, 2.05) is 0 Å². The summed E-state index contributed by atoms with van der Waals surface area (Å²) >= 11 is 1.30. The van der Waals surface area contributed by atoms with Crippen molar-refractivity contribution in [3.8, 4) is 0 Å². The molecule has 168 valence electrons. The molecule has 31 heavy (non-hydrogen) atoms. The molecule has 0 aromatic carbocycles. The summed E-state index contributed by atoms with van der Waals surface area (Å²) in [6.45, 7) is 0. The van der Waals surface area contributed by atoms with Crippen LogP contribution in [0.2, 0.25) is 0 Å². The molecule has 7 nitrogen and oxygen atoms in total. The first kappa shape index (κ1) is 22.2. The Morgan fingerprint density at radius 3 is 2.55 bits per heavy atom. The fraction of sp³-hybridized carbons (Fsp3) is 0.591. The molecule has 2 aromatic heterocycles. The standard InChI is InChI=1S/C22H29N3O4S2/c26-20(25-22-24-12-13-30-22)17(14-15-6-2-1-3-7-15)19-18(10-11-23-21(19)27)31(28,29)16-8-4-5-9-16/h10-13,15-17H,1-9,14H2,(H,23,27)(H,24,25,26). The third-order valence-electron chi connectivity index (χ3n) is 6.63. The SMILES string of the molecule is O=C(Nc1nccs1)C(CC1CCCCC1)c1c(S(=O)(=O)C2CCCC2)cc[nH]c1=O. The van der Waals surface area contributed by atoms with E-state index in [2.05, 4.69) is 15.3 Å². The molecule has 2 fully saturated rings. The van der Waals surface area contributed by atoms with Gasteiger partial charge in [-0.05, 0) is 31.2 Å². The Balaban J connectivity index is 1.74. The van der Waals surface area contributed by atoms with E-state index < -0.39 is 26.6 Å². The summed E-state index contributed by atoms with van der Waals surface area (Å²) in [7, 11) is -3.69. The highest BCUT2D eigenvalue weighted by Gasteiger charge is 2.37. The van der Waals surface area contributed by atoms with Crippen molar-refractivity contribution >= 4 is 32.2 Å². The van der Waals surface area contributed by atoms with Crippen molar-refractivity contribution in [1.29, 1.82) is 0 Å². The van der Waals surface area contributed by atoms with E-state index in [1.54, 1.807) is 11.6 Å². The number of hydrogen-bond donors (Lipinski definition) is 2. The zero-order valence-electron chi connectivity index (χ0n) is 17.5. The first-order chi connectivity index (χ1) is 15.0. The van der Waals surface area contributed by atoms with E-state index in [4.69, 9.17) is 0 Å². The minimum atomic E-state index is -3.69. The lowest BCUT2D eigenvalue weighted by molar-refractivity contribution is -0.118. The van der Waals surface area contributed by atoms with Crippen LogP contribution >= 0.6 is 11.3 Å². The Kier molecular flexibility index (Phi) is 6.91. The van der Waals surface area contributed by atoms with Crippen LogP contribution in [0.15, 0.2) is 33.5 Å². The number of nitrogens with zero attached hydrogens (tertiary/aromatic N) is 1. The molecule has 2 N–H and O–H groups in total. The summed E-state index contributed by atoms with van der Waals surface area (Å²) in [5.74, 6) is -0.898. The Morgan fingerprint density at radius 2 is 1.87 bits per heavy atom. The van der Waals surface area contributed by atoms with Crippen molar-refractivity contribution in [1.82, 2.24) is 9.97 Å². The Bertz CT molecular complexity index is 1050. The van der Waals surface area contributed by atoms with Crippen LogP contribution < -0.4 is 10.9 Å². The zero-order chi connectivity index (χ0) is 21.8. The molecule has 2 heterocycles. The summed E-state index contributed by atoms with van der Waals surface area (Å²) in [6, 6.07) is 1.47. The van der Waals surface area contributed by atoms with E-state index in [0.717, 1.165) is 38.5 Å². The number of pyridine rings is 1. The lowest BCUT2D eigenvalue weighted by Crippen LogP contribution is -2.32. The molecule has 0 aliphatic heterocycles. The van der Waals surface area contributed by atoms with Crippen LogP contribution in [0.1, 0.15) is 75.7 Å². The summed E-state index contributed by atoms with van der Waals surface area (Å²) in [6.07, 6.45) is 11.8. The molecule has 2 saturated carbocycles. The fourth-order valence-electron chi connectivity index (χ4n) is 5.02. The van der Waals surface area contributed by atoms with Crippen LogP contribution in [0.5, 0.6) is 0 Å². The molecule has 0 saturated heterocycles. The van der Waals surface area contributed by atoms with Gasteiger partial charge in [-0.15, -0.1) is 11.3 Å². The number of thiazole rings is 1. The number of H-pyrrole nitrogens is 1. The van der Waals surface area contributed by atoms with Crippen LogP contribution in [0.25, 0.3) is 0 Å². The second kappa shape index (κ2) is 9.65. The number of sulfone groups is 1. The Labute approximate surface area is 186 Å². The maximum absolute atomic E-state index is 13.4. The monoisotopic (exact) mass is 463 g/mol. The van der Waals surface area contributed by atoms with Gasteiger partial charge >= 0.3 is 0 Å². The fourth-order valence-corrected chi connectivity index (χ4v) is 7.66. The molecular formula is C22H29N3O4S2. The third-order valence-corrected chi connectivity index (χ3v) is 9.63. The second-order valence-electron chi connectivity index (χ2n) is 8.66. The van der Waals surface area contributed by atoms with Gasteiger partial charge in [0.15, 0.2) is 15.0 Å². The summed E-state index contributed by atoms with van der Waals surface area (Å²) < 4.78 is 26.9. The molecule has 1 atom stereocenters. The maximum Gasteiger partial charge on any atom is 0.253 e. The topological polar surface area (TPSA) is 109 Å². The Hall–Kier alpha value is -2.00. The molecule has 2 aliphatic rings. The van der Waals surface area contributed by atoms with E-state index in [0.29, 0.717) is 30.3 Å². The van der Waals surface area contributed by atoms with Gasteiger partial charge in [0, 0.05) is 23.3 Å². The van der Waals surface area contributed by atoms with Gasteiger partial charge in [-0.1, -0.05) is 44.9 Å². The van der Waals surface area contributed by atoms with E-state index >= 15 is 0 Å². The molecular weight excluding hydrogens is 434 g/mol. The first-order valence-corrected chi connectivity index (χ1v) is 13.5. The number of amides is 1. The van der Waals surface area contributed by atoms with Crippen LogP contribution in [-0.2, 0) is 14.6 Å². The van der Waals surface area contributed by atoms with Gasteiger partial charge in [0.25, 0.3) is 5.56 Å². The average molecular weight is 464 g/mol. The largest absolute Gasteiger partial charge is 0.329 e. The zero-order valence-corrected chi connectivity index (χ0v) is 19.1.